The fourth-order valence-corrected chi connectivity index (χ4v) is 3.80. The van der Waals surface area contributed by atoms with E-state index in [1.807, 2.05) is 28.8 Å². The fraction of sp³-hybridized carbons (Fsp3) is 0.500. The molecule has 1 saturated carbocycles. The van der Waals surface area contributed by atoms with Crippen molar-refractivity contribution in [2.75, 3.05) is 5.75 Å². The third kappa shape index (κ3) is 4.97. The van der Waals surface area contributed by atoms with Gasteiger partial charge in [0.05, 0.1) is 5.75 Å². The van der Waals surface area contributed by atoms with Gasteiger partial charge in [0.2, 0.25) is 5.91 Å². The minimum atomic E-state index is -0.348. The van der Waals surface area contributed by atoms with Crippen molar-refractivity contribution < 1.29 is 9.59 Å². The van der Waals surface area contributed by atoms with Crippen LogP contribution in [0.1, 0.15) is 73.1 Å². The average Bonchev–Trinajstić information content (AvgIpc) is 3.44. The Bertz CT molecular complexity index is 812. The van der Waals surface area contributed by atoms with Crippen molar-refractivity contribution in [2.45, 2.75) is 63.1 Å². The summed E-state index contributed by atoms with van der Waals surface area (Å²) in [5, 5.41) is 9.20. The van der Waals surface area contributed by atoms with E-state index in [0.29, 0.717) is 34.9 Å². The number of nitrogens with two attached hydrogens (primary N) is 1. The van der Waals surface area contributed by atoms with Crippen LogP contribution >= 0.6 is 11.8 Å². The number of benzene rings is 1. The minimum absolute atomic E-state index is 0.0631. The molecule has 0 saturated heterocycles. The van der Waals surface area contributed by atoms with Gasteiger partial charge in [-0.25, -0.2) is 0 Å². The van der Waals surface area contributed by atoms with Gasteiger partial charge in [-0.3, -0.25) is 9.59 Å². The molecule has 1 atom stereocenters. The fourth-order valence-electron chi connectivity index (χ4n) is 2.93. The normalized spacial score (nSPS) is 14.9. The topological polar surface area (TPSA) is 90.9 Å². The number of thioether (sulfide) groups is 1. The smallest absolute Gasteiger partial charge is 0.219 e. The van der Waals surface area contributed by atoms with E-state index in [0.717, 1.165) is 25.1 Å². The molecule has 144 valence electrons. The second kappa shape index (κ2) is 8.69. The summed E-state index contributed by atoms with van der Waals surface area (Å²) >= 11 is 1.37. The Kier molecular flexibility index (Phi) is 6.31. The molecule has 1 heterocycles. The van der Waals surface area contributed by atoms with Gasteiger partial charge in [0.25, 0.3) is 0 Å². The van der Waals surface area contributed by atoms with Gasteiger partial charge in [0.1, 0.15) is 5.82 Å². The highest BCUT2D eigenvalue weighted by Gasteiger charge is 2.30. The zero-order valence-corrected chi connectivity index (χ0v) is 16.7. The van der Waals surface area contributed by atoms with Crippen molar-refractivity contribution in [3.8, 4) is 0 Å². The Hall–Kier alpha value is -2.15. The Morgan fingerprint density at radius 2 is 1.96 bits per heavy atom. The first-order valence-electron chi connectivity index (χ1n) is 9.47. The third-order valence-corrected chi connectivity index (χ3v) is 5.98. The molecule has 1 unspecified atom stereocenters. The van der Waals surface area contributed by atoms with Crippen molar-refractivity contribution in [3.63, 3.8) is 0 Å². The maximum atomic E-state index is 12.5. The quantitative estimate of drug-likeness (QED) is 0.498. The van der Waals surface area contributed by atoms with Crippen LogP contribution in [0.5, 0.6) is 0 Å². The lowest BCUT2D eigenvalue weighted by atomic mass is 9.97. The Balaban J connectivity index is 1.65. The number of carbonyl (C=O) groups is 2. The van der Waals surface area contributed by atoms with Crippen molar-refractivity contribution >= 4 is 23.5 Å². The molecule has 1 aromatic carbocycles. The maximum absolute atomic E-state index is 12.5. The summed E-state index contributed by atoms with van der Waals surface area (Å²) in [5.41, 5.74) is 7.25. The average molecular weight is 387 g/mol. The van der Waals surface area contributed by atoms with Crippen LogP contribution in [-0.4, -0.2) is 32.2 Å². The summed E-state index contributed by atoms with van der Waals surface area (Å²) in [4.78, 5) is 23.7. The summed E-state index contributed by atoms with van der Waals surface area (Å²) in [6.07, 6.45) is 3.52. The summed E-state index contributed by atoms with van der Waals surface area (Å²) in [7, 11) is 0. The molecule has 27 heavy (non-hydrogen) atoms. The molecule has 2 aromatic rings. The highest BCUT2D eigenvalue weighted by molar-refractivity contribution is 7.99. The largest absolute Gasteiger partial charge is 0.370 e. The highest BCUT2D eigenvalue weighted by atomic mass is 32.2. The molecule has 0 radical (unpaired) electrons. The third-order valence-electron chi connectivity index (χ3n) is 5.02. The summed E-state index contributed by atoms with van der Waals surface area (Å²) < 4.78 is 1.95. The number of hydrogen-bond donors (Lipinski definition) is 1. The van der Waals surface area contributed by atoms with Crippen LogP contribution in [0.3, 0.4) is 0 Å². The summed E-state index contributed by atoms with van der Waals surface area (Å²) in [5.74, 6) is 1.83. The predicted octanol–water partition coefficient (Wildman–Crippen LogP) is 3.52. The van der Waals surface area contributed by atoms with Crippen LogP contribution < -0.4 is 5.73 Å². The number of ketones is 1. The van der Waals surface area contributed by atoms with Gasteiger partial charge in [-0.15, -0.1) is 10.2 Å². The van der Waals surface area contributed by atoms with Crippen LogP contribution in [-0.2, 0) is 11.3 Å². The minimum Gasteiger partial charge on any atom is -0.370 e. The van der Waals surface area contributed by atoms with Crippen molar-refractivity contribution in [2.24, 2.45) is 5.73 Å². The van der Waals surface area contributed by atoms with E-state index in [-0.39, 0.29) is 18.1 Å². The Morgan fingerprint density at radius 1 is 1.26 bits per heavy atom. The van der Waals surface area contributed by atoms with Gasteiger partial charge < -0.3 is 10.3 Å². The van der Waals surface area contributed by atoms with Gasteiger partial charge in [-0.2, -0.15) is 0 Å². The number of amides is 1. The van der Waals surface area contributed by atoms with Gasteiger partial charge in [0, 0.05) is 24.4 Å². The SMILES string of the molecule is CCC(C)c1ccc(C(=O)CSc2nnc(C3CC3)n2CCC(N)=O)cc1. The van der Waals surface area contributed by atoms with Crippen molar-refractivity contribution in [1.82, 2.24) is 14.8 Å². The van der Waals surface area contributed by atoms with E-state index in [2.05, 4.69) is 24.0 Å². The van der Waals surface area contributed by atoms with E-state index in [4.69, 9.17) is 5.73 Å². The zero-order chi connectivity index (χ0) is 19.4. The summed E-state index contributed by atoms with van der Waals surface area (Å²) in [6.45, 7) is 4.81. The monoisotopic (exact) mass is 386 g/mol. The second-order valence-corrected chi connectivity index (χ2v) is 8.07. The standard InChI is InChI=1S/C20H26N4O2S/c1-3-13(2)14-4-6-15(7-5-14)17(25)12-27-20-23-22-19(16-8-9-16)24(20)11-10-18(21)26/h4-7,13,16H,3,8-12H2,1-2H3,(H2,21,26). The van der Waals surface area contributed by atoms with Crippen LogP contribution in [0.2, 0.25) is 0 Å². The predicted molar refractivity (Wildman–Crippen MR) is 106 cm³/mol. The lowest BCUT2D eigenvalue weighted by Crippen LogP contribution is -2.16. The van der Waals surface area contributed by atoms with Crippen LogP contribution in [0.15, 0.2) is 29.4 Å². The molecular weight excluding hydrogens is 360 g/mol. The van der Waals surface area contributed by atoms with Gasteiger partial charge in [0.15, 0.2) is 10.9 Å². The molecule has 7 heteroatoms. The van der Waals surface area contributed by atoms with Crippen molar-refractivity contribution in [1.29, 1.82) is 0 Å². The van der Waals surface area contributed by atoms with Gasteiger partial charge in [-0.1, -0.05) is 49.9 Å². The van der Waals surface area contributed by atoms with Gasteiger partial charge in [-0.05, 0) is 30.7 Å². The molecular formula is C20H26N4O2S. The van der Waals surface area contributed by atoms with Crippen LogP contribution in [0, 0.1) is 0 Å². The van der Waals surface area contributed by atoms with Gasteiger partial charge >= 0.3 is 0 Å². The number of aromatic nitrogens is 3. The van der Waals surface area contributed by atoms with Crippen LogP contribution in [0.25, 0.3) is 0 Å². The van der Waals surface area contributed by atoms with Crippen LogP contribution in [0.4, 0.5) is 0 Å². The second-order valence-electron chi connectivity index (χ2n) is 7.13. The van der Waals surface area contributed by atoms with E-state index in [1.165, 1.54) is 17.3 Å². The number of rotatable bonds is 10. The maximum Gasteiger partial charge on any atom is 0.219 e. The Labute approximate surface area is 163 Å². The molecule has 0 spiro atoms. The summed E-state index contributed by atoms with van der Waals surface area (Å²) in [6, 6.07) is 7.87. The van der Waals surface area contributed by atoms with E-state index in [9.17, 15) is 9.59 Å². The van der Waals surface area contributed by atoms with E-state index < -0.39 is 0 Å². The first-order valence-corrected chi connectivity index (χ1v) is 10.5. The molecule has 1 amide bonds. The lowest BCUT2D eigenvalue weighted by Gasteiger charge is -2.10. The number of nitrogens with zero attached hydrogens (tertiary/aromatic N) is 3. The molecule has 3 rings (SSSR count). The molecule has 0 aliphatic heterocycles. The van der Waals surface area contributed by atoms with E-state index in [1.54, 1.807) is 0 Å². The number of Topliss-reactive ketones (excluding diaryl/α,β-unsaturated/α-hetero) is 1. The first kappa shape index (κ1) is 19.6. The number of primary amides is 1. The first-order chi connectivity index (χ1) is 13.0. The molecule has 6 nitrogen and oxygen atoms in total. The van der Waals surface area contributed by atoms with E-state index >= 15 is 0 Å². The number of hydrogen-bond acceptors (Lipinski definition) is 5. The highest BCUT2D eigenvalue weighted by Crippen LogP contribution is 2.40. The number of carbonyl (C=O) groups excluding carboxylic acids is 2. The lowest BCUT2D eigenvalue weighted by molar-refractivity contribution is -0.118. The molecule has 1 aliphatic carbocycles. The zero-order valence-electron chi connectivity index (χ0n) is 15.9. The van der Waals surface area contributed by atoms with Crippen molar-refractivity contribution in [3.05, 3.63) is 41.2 Å². The molecule has 0 bridgehead atoms. The molecule has 1 fully saturated rings. The molecule has 1 aromatic heterocycles. The molecule has 1 aliphatic rings. The Morgan fingerprint density at radius 3 is 2.56 bits per heavy atom. The molecule has 2 N–H and O–H groups in total.